The van der Waals surface area contributed by atoms with Crippen molar-refractivity contribution in [3.63, 3.8) is 0 Å². The summed E-state index contributed by atoms with van der Waals surface area (Å²) in [7, 11) is 0. The molecule has 33 heavy (non-hydrogen) atoms. The van der Waals surface area contributed by atoms with Crippen molar-refractivity contribution in [1.82, 2.24) is 14.8 Å². The molecule has 0 saturated carbocycles. The number of amides is 2. The third-order valence-electron chi connectivity index (χ3n) is 6.80. The normalized spacial score (nSPS) is 19.4. The molecule has 0 aliphatic carbocycles. The van der Waals surface area contributed by atoms with Crippen LogP contribution in [-0.2, 0) is 23.3 Å². The van der Waals surface area contributed by atoms with Crippen molar-refractivity contribution in [1.29, 1.82) is 0 Å². The second-order valence-corrected chi connectivity index (χ2v) is 9.28. The van der Waals surface area contributed by atoms with Crippen LogP contribution in [-0.4, -0.2) is 39.7 Å². The first-order valence-corrected chi connectivity index (χ1v) is 11.7. The molecule has 1 saturated heterocycles. The number of aromatic nitrogens is 1. The van der Waals surface area contributed by atoms with E-state index in [1.54, 1.807) is 12.3 Å². The number of benzene rings is 2. The second-order valence-electron chi connectivity index (χ2n) is 8.84. The first-order valence-electron chi connectivity index (χ1n) is 11.4. The summed E-state index contributed by atoms with van der Waals surface area (Å²) in [5.41, 5.74) is 3.83. The average molecular weight is 460 g/mol. The molecule has 2 amide bonds. The van der Waals surface area contributed by atoms with E-state index in [2.05, 4.69) is 36.2 Å². The van der Waals surface area contributed by atoms with Crippen molar-refractivity contribution < 1.29 is 9.59 Å². The summed E-state index contributed by atoms with van der Waals surface area (Å²) in [5.74, 6) is -0.0130. The fourth-order valence-electron chi connectivity index (χ4n) is 5.12. The van der Waals surface area contributed by atoms with E-state index in [9.17, 15) is 9.59 Å². The van der Waals surface area contributed by atoms with Crippen LogP contribution in [0, 0.1) is 6.92 Å². The summed E-state index contributed by atoms with van der Waals surface area (Å²) in [6.07, 6.45) is 4.22. The van der Waals surface area contributed by atoms with Crippen molar-refractivity contribution in [3.05, 3.63) is 99.8 Å². The van der Waals surface area contributed by atoms with E-state index in [1.807, 2.05) is 40.1 Å². The molecule has 1 fully saturated rings. The van der Waals surface area contributed by atoms with Crippen LogP contribution in [0.1, 0.15) is 45.6 Å². The summed E-state index contributed by atoms with van der Waals surface area (Å²) in [4.78, 5) is 35.3. The number of nitrogens with zero attached hydrogens (tertiary/aromatic N) is 3. The summed E-state index contributed by atoms with van der Waals surface area (Å²) < 4.78 is 0. The van der Waals surface area contributed by atoms with Crippen LogP contribution in [0.3, 0.4) is 0 Å². The lowest BCUT2D eigenvalue weighted by Crippen LogP contribution is -2.58. The van der Waals surface area contributed by atoms with Gasteiger partial charge < -0.3 is 9.80 Å². The lowest BCUT2D eigenvalue weighted by Gasteiger charge is -2.47. The number of hydrogen-bond donors (Lipinski definition) is 0. The Bertz CT molecular complexity index is 1190. The van der Waals surface area contributed by atoms with Gasteiger partial charge in [0.05, 0.1) is 11.3 Å². The number of rotatable bonds is 5. The molecule has 0 N–H and O–H groups in total. The maximum Gasteiger partial charge on any atom is 0.257 e. The molecule has 2 aromatic carbocycles. The van der Waals surface area contributed by atoms with Crippen LogP contribution in [0.25, 0.3) is 0 Å². The Morgan fingerprint density at radius 3 is 2.58 bits per heavy atom. The lowest BCUT2D eigenvalue weighted by atomic mass is 9.86. The zero-order valence-electron chi connectivity index (χ0n) is 18.6. The molecule has 6 heteroatoms. The highest BCUT2D eigenvalue weighted by atomic mass is 35.5. The second kappa shape index (κ2) is 8.64. The van der Waals surface area contributed by atoms with Crippen LogP contribution in [0.4, 0.5) is 0 Å². The SMILES string of the molecule is Cc1ccc(CCCC(=O)N2CCN3C(=O)c4cccnc4CC23c2ccc(Cl)cc2)cc1. The van der Waals surface area contributed by atoms with Crippen LogP contribution in [0.2, 0.25) is 5.02 Å². The van der Waals surface area contributed by atoms with E-state index in [0.717, 1.165) is 24.1 Å². The van der Waals surface area contributed by atoms with E-state index in [-0.39, 0.29) is 11.8 Å². The van der Waals surface area contributed by atoms with Gasteiger partial charge in [0.1, 0.15) is 5.66 Å². The molecule has 0 bridgehead atoms. The minimum absolute atomic E-state index is 0.0618. The van der Waals surface area contributed by atoms with Crippen molar-refractivity contribution >= 4 is 23.4 Å². The smallest absolute Gasteiger partial charge is 0.257 e. The van der Waals surface area contributed by atoms with Gasteiger partial charge in [-0.15, -0.1) is 0 Å². The highest BCUT2D eigenvalue weighted by Crippen LogP contribution is 2.44. The van der Waals surface area contributed by atoms with Crippen molar-refractivity contribution in [2.75, 3.05) is 13.1 Å². The van der Waals surface area contributed by atoms with Crippen molar-refractivity contribution in [2.45, 2.75) is 38.3 Å². The standard InChI is InChI=1S/C27H26ClN3O2/c1-19-7-9-20(10-8-19)4-2-6-25(32)30-16-17-31-26(33)23-5-3-15-29-24(23)18-27(30,31)21-11-13-22(28)14-12-21/h3,5,7-15H,2,4,6,16-18H2,1H3. The molecule has 3 heterocycles. The molecular weight excluding hydrogens is 434 g/mol. The van der Waals surface area contributed by atoms with E-state index in [1.165, 1.54) is 11.1 Å². The maximum atomic E-state index is 13.6. The summed E-state index contributed by atoms with van der Waals surface area (Å²) >= 11 is 6.16. The Morgan fingerprint density at radius 2 is 1.82 bits per heavy atom. The number of fused-ring (bicyclic) bond motifs is 2. The first kappa shape index (κ1) is 21.7. The van der Waals surface area contributed by atoms with E-state index >= 15 is 0 Å². The van der Waals surface area contributed by atoms with Gasteiger partial charge >= 0.3 is 0 Å². The Balaban J connectivity index is 1.45. The highest BCUT2D eigenvalue weighted by Gasteiger charge is 2.55. The number of pyridine rings is 1. The maximum absolute atomic E-state index is 13.6. The van der Waals surface area contributed by atoms with Gasteiger partial charge in [0.25, 0.3) is 5.91 Å². The molecule has 1 unspecified atom stereocenters. The predicted octanol–water partition coefficient (Wildman–Crippen LogP) is 4.76. The fraction of sp³-hybridized carbons (Fsp3) is 0.296. The number of halogens is 1. The molecule has 1 aromatic heterocycles. The average Bonchev–Trinajstić information content (AvgIpc) is 3.21. The molecular formula is C27H26ClN3O2. The van der Waals surface area contributed by atoms with Crippen molar-refractivity contribution in [2.24, 2.45) is 0 Å². The molecule has 0 spiro atoms. The van der Waals surface area contributed by atoms with Gasteiger partial charge in [-0.05, 0) is 55.2 Å². The Labute approximate surface area is 199 Å². The van der Waals surface area contributed by atoms with E-state index in [4.69, 9.17) is 11.6 Å². The molecule has 0 radical (unpaired) electrons. The van der Waals surface area contributed by atoms with Gasteiger partial charge in [0, 0.05) is 37.2 Å². The third-order valence-corrected chi connectivity index (χ3v) is 7.06. The van der Waals surface area contributed by atoms with Gasteiger partial charge in [-0.1, -0.05) is 53.6 Å². The highest BCUT2D eigenvalue weighted by molar-refractivity contribution is 6.30. The van der Waals surface area contributed by atoms with Crippen LogP contribution >= 0.6 is 11.6 Å². The summed E-state index contributed by atoms with van der Waals surface area (Å²) in [5, 5.41) is 0.622. The molecule has 168 valence electrons. The zero-order valence-corrected chi connectivity index (χ0v) is 19.4. The topological polar surface area (TPSA) is 53.5 Å². The molecule has 5 nitrogen and oxygen atoms in total. The monoisotopic (exact) mass is 459 g/mol. The van der Waals surface area contributed by atoms with Gasteiger partial charge in [-0.2, -0.15) is 0 Å². The third kappa shape index (κ3) is 3.80. The van der Waals surface area contributed by atoms with Crippen LogP contribution in [0.5, 0.6) is 0 Å². The van der Waals surface area contributed by atoms with Crippen LogP contribution in [0.15, 0.2) is 66.9 Å². The van der Waals surface area contributed by atoms with Gasteiger partial charge in [0.2, 0.25) is 5.91 Å². The van der Waals surface area contributed by atoms with E-state index < -0.39 is 5.66 Å². The number of aryl methyl sites for hydroxylation is 2. The minimum atomic E-state index is -0.871. The Morgan fingerprint density at radius 1 is 1.06 bits per heavy atom. The molecule has 2 aliphatic heterocycles. The molecule has 3 aromatic rings. The number of hydrogen-bond acceptors (Lipinski definition) is 3. The predicted molar refractivity (Wildman–Crippen MR) is 128 cm³/mol. The van der Waals surface area contributed by atoms with Gasteiger partial charge in [-0.3, -0.25) is 14.6 Å². The fourth-order valence-corrected chi connectivity index (χ4v) is 5.25. The van der Waals surface area contributed by atoms with Crippen LogP contribution < -0.4 is 0 Å². The van der Waals surface area contributed by atoms with Gasteiger partial charge in [-0.25, -0.2) is 0 Å². The van der Waals surface area contributed by atoms with Gasteiger partial charge in [0.15, 0.2) is 0 Å². The molecule has 2 aliphatic rings. The number of carbonyl (C=O) groups is 2. The Kier molecular flexibility index (Phi) is 5.67. The van der Waals surface area contributed by atoms with Crippen molar-refractivity contribution in [3.8, 4) is 0 Å². The zero-order chi connectivity index (χ0) is 23.0. The number of carbonyl (C=O) groups excluding carboxylic acids is 2. The largest absolute Gasteiger partial charge is 0.313 e. The summed E-state index contributed by atoms with van der Waals surface area (Å²) in [6.45, 7) is 3.08. The minimum Gasteiger partial charge on any atom is -0.313 e. The Hall–Kier alpha value is -3.18. The van der Waals surface area contributed by atoms with E-state index in [0.29, 0.717) is 36.5 Å². The molecule has 5 rings (SSSR count). The molecule has 1 atom stereocenters. The first-order chi connectivity index (χ1) is 16.0. The quantitative estimate of drug-likeness (QED) is 0.552. The lowest BCUT2D eigenvalue weighted by molar-refractivity contribution is -0.139. The summed E-state index contributed by atoms with van der Waals surface area (Å²) in [6, 6.07) is 19.5.